The van der Waals surface area contributed by atoms with Gasteiger partial charge in [-0.1, -0.05) is 35.9 Å². The number of hydrogen-bond donors (Lipinski definition) is 1. The summed E-state index contributed by atoms with van der Waals surface area (Å²) in [6, 6.07) is 8.90. The summed E-state index contributed by atoms with van der Waals surface area (Å²) in [5.74, 6) is -2.09. The molecule has 0 aromatic heterocycles. The van der Waals surface area contributed by atoms with Crippen LogP contribution >= 0.6 is 11.6 Å². The monoisotopic (exact) mass is 597 g/mol. The fourth-order valence-electron chi connectivity index (χ4n) is 4.01. The number of alkyl carbamates (subject to hydrolysis) is 1. The van der Waals surface area contributed by atoms with E-state index >= 15 is 0 Å². The largest absolute Gasteiger partial charge is 0.466 e. The third-order valence-electron chi connectivity index (χ3n) is 5.67. The summed E-state index contributed by atoms with van der Waals surface area (Å²) in [5, 5.41) is 3.18. The summed E-state index contributed by atoms with van der Waals surface area (Å²) >= 11 is 6.09. The number of carbonyl (C=O) groups excluding carboxylic acids is 2. The fourth-order valence-corrected chi connectivity index (χ4v) is 4.60. The zero-order chi connectivity index (χ0) is 30.3. The normalized spacial score (nSPS) is 13.3. The van der Waals surface area contributed by atoms with Gasteiger partial charge in [-0.25, -0.2) is 9.18 Å². The van der Waals surface area contributed by atoms with Gasteiger partial charge in [-0.05, 0) is 88.4 Å². The van der Waals surface area contributed by atoms with Crippen molar-refractivity contribution in [2.45, 2.75) is 59.1 Å². The van der Waals surface area contributed by atoms with Crippen LogP contribution in [-0.2, 0) is 35.0 Å². The van der Waals surface area contributed by atoms with Crippen LogP contribution in [0.4, 0.5) is 9.18 Å². The lowest BCUT2D eigenvalue weighted by Crippen LogP contribution is -2.43. The second-order valence-electron chi connectivity index (χ2n) is 10.5. The van der Waals surface area contributed by atoms with Crippen LogP contribution < -0.4 is 5.32 Å². The summed E-state index contributed by atoms with van der Waals surface area (Å²) in [6.07, 6.45) is 0.385. The van der Waals surface area contributed by atoms with E-state index in [9.17, 15) is 22.4 Å². The minimum absolute atomic E-state index is 0.00605. The van der Waals surface area contributed by atoms with Crippen LogP contribution in [0.15, 0.2) is 43.0 Å². The van der Waals surface area contributed by atoms with E-state index in [1.165, 1.54) is 18.2 Å². The van der Waals surface area contributed by atoms with E-state index in [1.54, 1.807) is 52.8 Å². The maximum atomic E-state index is 14.6. The number of benzene rings is 2. The molecule has 2 aromatic carbocycles. The van der Waals surface area contributed by atoms with Gasteiger partial charge in [0.05, 0.1) is 25.4 Å². The molecule has 220 valence electrons. The van der Waals surface area contributed by atoms with E-state index in [0.29, 0.717) is 27.3 Å². The zero-order valence-corrected chi connectivity index (χ0v) is 25.2. The van der Waals surface area contributed by atoms with Crippen LogP contribution in [0.25, 0.3) is 16.7 Å². The van der Waals surface area contributed by atoms with Crippen LogP contribution in [0.5, 0.6) is 0 Å². The SMILES string of the molecule is C=C(C)c1cc(-c2cc(Cl)ccc2F)ccc1CC(CC(COS(C)(=O)=O)C(=O)OCC)NC(=O)OC(C)(C)C. The Labute approximate surface area is 241 Å². The summed E-state index contributed by atoms with van der Waals surface area (Å²) in [7, 11) is -3.84. The first-order valence-electron chi connectivity index (χ1n) is 12.7. The number of halogens is 2. The Balaban J connectivity index is 2.47. The van der Waals surface area contributed by atoms with Gasteiger partial charge in [-0.15, -0.1) is 0 Å². The van der Waals surface area contributed by atoms with Gasteiger partial charge in [0, 0.05) is 16.6 Å². The Hall–Kier alpha value is -2.95. The molecule has 0 heterocycles. The second kappa shape index (κ2) is 14.1. The third kappa shape index (κ3) is 10.9. The molecule has 2 aromatic rings. The Bertz CT molecular complexity index is 1340. The molecular weight excluding hydrogens is 561 g/mol. The van der Waals surface area contributed by atoms with Gasteiger partial charge in [0.1, 0.15) is 11.4 Å². The molecule has 2 atom stereocenters. The fraction of sp³-hybridized carbons (Fsp3) is 0.448. The molecule has 8 nitrogen and oxygen atoms in total. The van der Waals surface area contributed by atoms with Crippen LogP contribution in [0, 0.1) is 11.7 Å². The number of nitrogens with one attached hydrogen (secondary N) is 1. The zero-order valence-electron chi connectivity index (χ0n) is 23.7. The Morgan fingerprint density at radius 1 is 1.15 bits per heavy atom. The van der Waals surface area contributed by atoms with Gasteiger partial charge in [0.15, 0.2) is 0 Å². The van der Waals surface area contributed by atoms with Crippen LogP contribution in [0.1, 0.15) is 52.2 Å². The number of rotatable bonds is 12. The molecule has 0 aliphatic rings. The number of allylic oxidation sites excluding steroid dienone is 1. The molecule has 0 aliphatic heterocycles. The lowest BCUT2D eigenvalue weighted by Gasteiger charge is -2.27. The second-order valence-corrected chi connectivity index (χ2v) is 12.6. The van der Waals surface area contributed by atoms with Crippen molar-refractivity contribution in [3.63, 3.8) is 0 Å². The third-order valence-corrected chi connectivity index (χ3v) is 6.47. The van der Waals surface area contributed by atoms with Crippen molar-refractivity contribution in [3.8, 4) is 11.1 Å². The summed E-state index contributed by atoms with van der Waals surface area (Å²) < 4.78 is 53.3. The van der Waals surface area contributed by atoms with E-state index in [1.807, 2.05) is 0 Å². The van der Waals surface area contributed by atoms with E-state index < -0.39 is 52.2 Å². The molecule has 1 amide bonds. The Kier molecular flexibility index (Phi) is 11.7. The van der Waals surface area contributed by atoms with Crippen molar-refractivity contribution in [1.29, 1.82) is 0 Å². The number of esters is 1. The van der Waals surface area contributed by atoms with Crippen LogP contribution in [-0.4, -0.2) is 51.6 Å². The molecule has 0 bridgehead atoms. The van der Waals surface area contributed by atoms with Crippen molar-refractivity contribution < 1.29 is 36.1 Å². The van der Waals surface area contributed by atoms with Gasteiger partial charge in [-0.3, -0.25) is 8.98 Å². The molecule has 0 saturated heterocycles. The summed E-state index contributed by atoms with van der Waals surface area (Å²) in [4.78, 5) is 25.4. The molecule has 0 saturated carbocycles. The average molecular weight is 598 g/mol. The quantitative estimate of drug-likeness (QED) is 0.230. The standard InChI is InChI=1S/C29H37ClFNO7S/c1-8-37-27(33)21(17-38-40(7,35)36)14-23(32-28(34)39-29(4,5)6)13-19-9-10-20(15-24(19)18(2)3)25-16-22(30)11-12-26(25)31/h9-12,15-16,21,23H,2,8,13-14,17H2,1,3-7H3,(H,32,34). The lowest BCUT2D eigenvalue weighted by molar-refractivity contribution is -0.149. The van der Waals surface area contributed by atoms with Crippen molar-refractivity contribution in [1.82, 2.24) is 5.32 Å². The number of amides is 1. The van der Waals surface area contributed by atoms with Gasteiger partial charge >= 0.3 is 12.1 Å². The highest BCUT2D eigenvalue weighted by Gasteiger charge is 2.29. The first-order valence-corrected chi connectivity index (χ1v) is 14.9. The first-order chi connectivity index (χ1) is 18.5. The Morgan fingerprint density at radius 2 is 1.82 bits per heavy atom. The molecular formula is C29H37ClFNO7S. The van der Waals surface area contributed by atoms with Crippen molar-refractivity contribution in [2.75, 3.05) is 19.5 Å². The van der Waals surface area contributed by atoms with Crippen LogP contribution in [0.2, 0.25) is 5.02 Å². The van der Waals surface area contributed by atoms with Crippen molar-refractivity contribution >= 4 is 39.4 Å². The van der Waals surface area contributed by atoms with Gasteiger partial charge < -0.3 is 14.8 Å². The molecule has 40 heavy (non-hydrogen) atoms. The maximum absolute atomic E-state index is 14.6. The highest BCUT2D eigenvalue weighted by molar-refractivity contribution is 7.85. The van der Waals surface area contributed by atoms with Gasteiger partial charge in [0.2, 0.25) is 0 Å². The van der Waals surface area contributed by atoms with Crippen LogP contribution in [0.3, 0.4) is 0 Å². The molecule has 0 radical (unpaired) electrons. The van der Waals surface area contributed by atoms with Gasteiger partial charge in [0.25, 0.3) is 10.1 Å². The minimum Gasteiger partial charge on any atom is -0.466 e. The van der Waals surface area contributed by atoms with Gasteiger partial charge in [-0.2, -0.15) is 8.42 Å². The summed E-state index contributed by atoms with van der Waals surface area (Å²) in [6.45, 7) is 12.3. The maximum Gasteiger partial charge on any atom is 0.407 e. The Morgan fingerprint density at radius 3 is 2.40 bits per heavy atom. The predicted octanol–water partition coefficient (Wildman–Crippen LogP) is 6.16. The van der Waals surface area contributed by atoms with Crippen molar-refractivity contribution in [2.24, 2.45) is 5.92 Å². The average Bonchev–Trinajstić information content (AvgIpc) is 2.81. The smallest absolute Gasteiger partial charge is 0.407 e. The highest BCUT2D eigenvalue weighted by Crippen LogP contribution is 2.31. The molecule has 2 rings (SSSR count). The topological polar surface area (TPSA) is 108 Å². The molecule has 1 N–H and O–H groups in total. The molecule has 2 unspecified atom stereocenters. The molecule has 0 aliphatic carbocycles. The molecule has 0 fully saturated rings. The van der Waals surface area contributed by atoms with E-state index in [2.05, 4.69) is 11.9 Å². The highest BCUT2D eigenvalue weighted by atomic mass is 35.5. The summed E-state index contributed by atoms with van der Waals surface area (Å²) in [5.41, 5.74) is 2.30. The number of ether oxygens (including phenoxy) is 2. The molecule has 0 spiro atoms. The first kappa shape index (κ1) is 33.3. The lowest BCUT2D eigenvalue weighted by atomic mass is 9.89. The number of hydrogen-bond acceptors (Lipinski definition) is 7. The molecule has 11 heteroatoms. The number of carbonyl (C=O) groups is 2. The predicted molar refractivity (Wildman–Crippen MR) is 154 cm³/mol. The minimum atomic E-state index is -3.84. The van der Waals surface area contributed by atoms with E-state index in [-0.39, 0.29) is 19.4 Å². The van der Waals surface area contributed by atoms with Crippen molar-refractivity contribution in [3.05, 3.63) is 64.9 Å². The van der Waals surface area contributed by atoms with E-state index in [4.69, 9.17) is 25.3 Å². The van der Waals surface area contributed by atoms with E-state index in [0.717, 1.165) is 11.8 Å².